The highest BCUT2D eigenvalue weighted by Gasteiger charge is 2.51. The van der Waals surface area contributed by atoms with E-state index in [9.17, 15) is 4.79 Å². The zero-order chi connectivity index (χ0) is 14.0. The second kappa shape index (κ2) is 5.36. The number of ether oxygens (including phenoxy) is 1. The molecule has 1 saturated heterocycles. The second-order valence-electron chi connectivity index (χ2n) is 5.71. The van der Waals surface area contributed by atoms with E-state index in [1.54, 1.807) is 7.11 Å². The van der Waals surface area contributed by atoms with Crippen molar-refractivity contribution in [2.45, 2.75) is 38.7 Å². The highest BCUT2D eigenvalue weighted by molar-refractivity contribution is 6.07. The van der Waals surface area contributed by atoms with Crippen LogP contribution in [0.4, 0.5) is 0 Å². The van der Waals surface area contributed by atoms with Gasteiger partial charge >= 0.3 is 0 Å². The molecule has 1 heterocycles. The van der Waals surface area contributed by atoms with Gasteiger partial charge in [-0.15, -0.1) is 0 Å². The lowest BCUT2D eigenvalue weighted by Crippen LogP contribution is -2.58. The van der Waals surface area contributed by atoms with Gasteiger partial charge in [0.2, 0.25) is 5.91 Å². The first-order chi connectivity index (χ1) is 9.05. The molecule has 2 rings (SSSR count). The summed E-state index contributed by atoms with van der Waals surface area (Å²) in [7, 11) is 1.68. The number of methoxy groups -OCH3 is 1. The molecular weight excluding hydrogens is 246 g/mol. The summed E-state index contributed by atoms with van der Waals surface area (Å²) in [6.45, 7) is 3.45. The zero-order valence-corrected chi connectivity index (χ0v) is 11.6. The fourth-order valence-corrected chi connectivity index (χ4v) is 3.03. The Balaban J connectivity index is 2.11. The van der Waals surface area contributed by atoms with E-state index in [0.717, 1.165) is 19.4 Å². The molecule has 2 atom stereocenters. The fraction of sp³-hybridized carbons (Fsp3) is 0.846. The summed E-state index contributed by atoms with van der Waals surface area (Å²) in [6.07, 6.45) is 3.29. The quantitative estimate of drug-likeness (QED) is 0.343. The van der Waals surface area contributed by atoms with Gasteiger partial charge in [-0.3, -0.25) is 4.79 Å². The summed E-state index contributed by atoms with van der Waals surface area (Å²) in [5.41, 5.74) is 4.97. The molecule has 1 saturated carbocycles. The molecule has 0 radical (unpaired) electrons. The maximum Gasteiger partial charge on any atom is 0.236 e. The van der Waals surface area contributed by atoms with E-state index < -0.39 is 5.41 Å². The van der Waals surface area contributed by atoms with Gasteiger partial charge in [-0.05, 0) is 25.2 Å². The van der Waals surface area contributed by atoms with E-state index in [-0.39, 0.29) is 17.8 Å². The number of piperidine rings is 1. The third kappa shape index (κ3) is 2.29. The predicted octanol–water partition coefficient (Wildman–Crippen LogP) is 0.786. The number of likely N-dealkylation sites (tertiary alicyclic amines) is 1. The molecule has 0 aromatic heterocycles. The third-order valence-electron chi connectivity index (χ3n) is 4.69. The molecule has 0 aromatic rings. The highest BCUT2D eigenvalue weighted by Crippen LogP contribution is 2.43. The Morgan fingerprint density at radius 1 is 1.53 bits per heavy atom. The van der Waals surface area contributed by atoms with Gasteiger partial charge in [-0.1, -0.05) is 18.5 Å². The smallest absolute Gasteiger partial charge is 0.236 e. The summed E-state index contributed by atoms with van der Waals surface area (Å²) >= 11 is 0. The molecule has 2 fully saturated rings. The van der Waals surface area contributed by atoms with Crippen LogP contribution in [-0.4, -0.2) is 48.2 Å². The lowest BCUT2D eigenvalue weighted by Gasteiger charge is -2.45. The average Bonchev–Trinajstić information content (AvgIpc) is 2.37. The van der Waals surface area contributed by atoms with Crippen LogP contribution in [0.5, 0.6) is 0 Å². The number of amides is 1. The minimum Gasteiger partial charge on any atom is -0.409 e. The van der Waals surface area contributed by atoms with Crippen molar-refractivity contribution in [2.75, 3.05) is 20.2 Å². The van der Waals surface area contributed by atoms with Crippen LogP contribution < -0.4 is 5.73 Å². The lowest BCUT2D eigenvalue weighted by molar-refractivity contribution is -0.147. The van der Waals surface area contributed by atoms with Crippen LogP contribution in [0.3, 0.4) is 0 Å². The molecule has 1 aliphatic carbocycles. The second-order valence-corrected chi connectivity index (χ2v) is 5.71. The van der Waals surface area contributed by atoms with Crippen LogP contribution in [-0.2, 0) is 9.53 Å². The largest absolute Gasteiger partial charge is 0.409 e. The van der Waals surface area contributed by atoms with Crippen molar-refractivity contribution in [3.8, 4) is 0 Å². The molecule has 2 aliphatic rings. The maximum absolute atomic E-state index is 12.7. The van der Waals surface area contributed by atoms with E-state index >= 15 is 0 Å². The molecule has 0 bridgehead atoms. The predicted molar refractivity (Wildman–Crippen MR) is 70.9 cm³/mol. The molecule has 3 N–H and O–H groups in total. The van der Waals surface area contributed by atoms with Crippen molar-refractivity contribution < 1.29 is 14.7 Å². The number of hydrogen-bond donors (Lipinski definition) is 2. The molecule has 2 unspecified atom stereocenters. The van der Waals surface area contributed by atoms with Crippen molar-refractivity contribution in [1.82, 2.24) is 4.90 Å². The summed E-state index contributed by atoms with van der Waals surface area (Å²) in [5, 5.41) is 12.0. The standard InChI is InChI=1S/C13H23N3O3/c1-9-4-7-16(8-10(9)19-2)12(17)13(5-3-6-13)11(14)15-18/h9-10,18H,3-8H2,1-2H3,(H2,14,15). The molecule has 1 amide bonds. The van der Waals surface area contributed by atoms with Crippen LogP contribution in [0, 0.1) is 11.3 Å². The van der Waals surface area contributed by atoms with Gasteiger partial charge in [-0.25, -0.2) is 0 Å². The Hall–Kier alpha value is -1.30. The highest BCUT2D eigenvalue weighted by atomic mass is 16.5. The molecule has 6 nitrogen and oxygen atoms in total. The lowest BCUT2D eigenvalue weighted by atomic mass is 9.66. The van der Waals surface area contributed by atoms with Crippen molar-refractivity contribution in [3.05, 3.63) is 0 Å². The van der Waals surface area contributed by atoms with E-state index in [1.165, 1.54) is 0 Å². The molecular formula is C13H23N3O3. The van der Waals surface area contributed by atoms with Crippen LogP contribution in [0.15, 0.2) is 5.16 Å². The third-order valence-corrected chi connectivity index (χ3v) is 4.69. The first-order valence-electron chi connectivity index (χ1n) is 6.85. The Bertz CT molecular complexity index is 379. The Morgan fingerprint density at radius 2 is 2.21 bits per heavy atom. The molecule has 0 aromatic carbocycles. The van der Waals surface area contributed by atoms with Gasteiger partial charge in [0.05, 0.1) is 6.10 Å². The first kappa shape index (κ1) is 14.1. The maximum atomic E-state index is 12.7. The van der Waals surface area contributed by atoms with Gasteiger partial charge < -0.3 is 20.6 Å². The van der Waals surface area contributed by atoms with Crippen molar-refractivity contribution in [2.24, 2.45) is 22.2 Å². The summed E-state index contributed by atoms with van der Waals surface area (Å²) < 4.78 is 5.43. The minimum absolute atomic E-state index is 0.0111. The Labute approximate surface area is 113 Å². The van der Waals surface area contributed by atoms with Crippen LogP contribution >= 0.6 is 0 Å². The molecule has 6 heteroatoms. The fourth-order valence-electron chi connectivity index (χ4n) is 3.03. The number of oxime groups is 1. The van der Waals surface area contributed by atoms with Gasteiger partial charge in [0.1, 0.15) is 5.41 Å². The molecule has 19 heavy (non-hydrogen) atoms. The Morgan fingerprint density at radius 3 is 2.68 bits per heavy atom. The normalized spacial score (nSPS) is 30.8. The number of amidine groups is 1. The molecule has 108 valence electrons. The van der Waals surface area contributed by atoms with E-state index in [2.05, 4.69) is 12.1 Å². The van der Waals surface area contributed by atoms with E-state index in [4.69, 9.17) is 15.7 Å². The summed E-state index contributed by atoms with van der Waals surface area (Å²) in [6, 6.07) is 0. The average molecular weight is 269 g/mol. The van der Waals surface area contributed by atoms with Gasteiger partial charge in [-0.2, -0.15) is 0 Å². The van der Waals surface area contributed by atoms with Gasteiger partial charge in [0, 0.05) is 20.2 Å². The van der Waals surface area contributed by atoms with Gasteiger partial charge in [0.25, 0.3) is 0 Å². The number of nitrogens with two attached hydrogens (primary N) is 1. The molecule has 1 aliphatic heterocycles. The van der Waals surface area contributed by atoms with Gasteiger partial charge in [0.15, 0.2) is 5.84 Å². The monoisotopic (exact) mass is 269 g/mol. The number of rotatable bonds is 3. The SMILES string of the molecule is COC1CN(C(=O)C2(C(N)=NO)CCC2)CCC1C. The number of hydrogen-bond acceptors (Lipinski definition) is 4. The summed E-state index contributed by atoms with van der Waals surface area (Å²) in [4.78, 5) is 14.5. The van der Waals surface area contributed by atoms with Crippen molar-refractivity contribution >= 4 is 11.7 Å². The van der Waals surface area contributed by atoms with Crippen molar-refractivity contribution in [1.29, 1.82) is 0 Å². The van der Waals surface area contributed by atoms with Crippen LogP contribution in [0.2, 0.25) is 0 Å². The Kier molecular flexibility index (Phi) is 3.99. The van der Waals surface area contributed by atoms with Crippen LogP contribution in [0.25, 0.3) is 0 Å². The number of carbonyl (C=O) groups excluding carboxylic acids is 1. The van der Waals surface area contributed by atoms with Crippen molar-refractivity contribution in [3.63, 3.8) is 0 Å². The van der Waals surface area contributed by atoms with E-state index in [1.807, 2.05) is 4.90 Å². The summed E-state index contributed by atoms with van der Waals surface area (Å²) in [5.74, 6) is 0.495. The minimum atomic E-state index is -0.770. The number of carbonyl (C=O) groups is 1. The topological polar surface area (TPSA) is 88.2 Å². The molecule has 0 spiro atoms. The number of nitrogens with zero attached hydrogens (tertiary/aromatic N) is 2. The van der Waals surface area contributed by atoms with E-state index in [0.29, 0.717) is 25.3 Å². The first-order valence-corrected chi connectivity index (χ1v) is 6.85. The zero-order valence-electron chi connectivity index (χ0n) is 11.6. The van der Waals surface area contributed by atoms with Crippen LogP contribution in [0.1, 0.15) is 32.6 Å².